The van der Waals surface area contributed by atoms with Crippen LogP contribution in [0.1, 0.15) is 5.82 Å². The van der Waals surface area contributed by atoms with E-state index in [2.05, 4.69) is 61.3 Å². The Hall–Kier alpha value is -3.22. The first-order valence-electron chi connectivity index (χ1n) is 12.2. The van der Waals surface area contributed by atoms with E-state index in [1.807, 2.05) is 0 Å². The van der Waals surface area contributed by atoms with Gasteiger partial charge in [-0.25, -0.2) is 9.97 Å². The van der Waals surface area contributed by atoms with Crippen LogP contribution in [0.15, 0.2) is 52.7 Å². The number of thioether (sulfide) groups is 1. The van der Waals surface area contributed by atoms with Gasteiger partial charge in [0, 0.05) is 32.7 Å². The minimum atomic E-state index is -4.53. The molecule has 4 heterocycles. The van der Waals surface area contributed by atoms with E-state index in [1.165, 1.54) is 4.21 Å². The minimum absolute atomic E-state index is 0.198. The monoisotopic (exact) mass is 558 g/mol. The Morgan fingerprint density at radius 3 is 2.45 bits per heavy atom. The van der Waals surface area contributed by atoms with E-state index in [-0.39, 0.29) is 5.52 Å². The fraction of sp³-hybridized carbons (Fsp3) is 0.308. The predicted molar refractivity (Wildman–Crippen MR) is 146 cm³/mol. The second kappa shape index (κ2) is 10.2. The number of H-pyrrole nitrogens is 2. The van der Waals surface area contributed by atoms with E-state index < -0.39 is 12.0 Å². The number of anilines is 1. The Bertz CT molecular complexity index is 1570. The number of fused-ring (bicyclic) bond motifs is 2. The average molecular weight is 559 g/mol. The molecule has 7 nitrogen and oxygen atoms in total. The van der Waals surface area contributed by atoms with Crippen molar-refractivity contribution in [2.45, 2.75) is 10.4 Å². The molecule has 38 heavy (non-hydrogen) atoms. The molecule has 0 radical (unpaired) electrons. The molecule has 6 rings (SSSR count). The van der Waals surface area contributed by atoms with Gasteiger partial charge < -0.3 is 19.6 Å². The molecular weight excluding hydrogens is 533 g/mol. The van der Waals surface area contributed by atoms with Gasteiger partial charge in [0.05, 0.1) is 25.8 Å². The molecule has 3 aromatic heterocycles. The van der Waals surface area contributed by atoms with Crippen LogP contribution in [0.3, 0.4) is 0 Å². The summed E-state index contributed by atoms with van der Waals surface area (Å²) in [6.07, 6.45) is -2.45. The Kier molecular flexibility index (Phi) is 6.70. The van der Waals surface area contributed by atoms with Crippen LogP contribution in [-0.2, 0) is 6.18 Å². The number of hydrogen-bond acceptors (Lipinski definition) is 7. The Morgan fingerprint density at radius 1 is 0.947 bits per heavy atom. The lowest BCUT2D eigenvalue weighted by Crippen LogP contribution is -2.47. The number of aromatic amines is 2. The maximum absolute atomic E-state index is 13.0. The molecule has 1 aliphatic heterocycles. The van der Waals surface area contributed by atoms with Gasteiger partial charge in [-0.15, -0.1) is 23.1 Å². The van der Waals surface area contributed by atoms with Gasteiger partial charge in [0.1, 0.15) is 29.2 Å². The summed E-state index contributed by atoms with van der Waals surface area (Å²) in [4.78, 5) is 20.2. The fourth-order valence-electron chi connectivity index (χ4n) is 4.70. The zero-order valence-corrected chi connectivity index (χ0v) is 22.1. The second-order valence-electron chi connectivity index (χ2n) is 8.99. The molecule has 0 aliphatic carbocycles. The van der Waals surface area contributed by atoms with E-state index >= 15 is 0 Å². The summed E-state index contributed by atoms with van der Waals surface area (Å²) in [5.74, 6) is 0.228. The number of nitrogens with zero attached hydrogens (tertiary/aromatic N) is 4. The predicted octanol–water partition coefficient (Wildman–Crippen LogP) is 6.11. The Morgan fingerprint density at radius 2 is 1.71 bits per heavy atom. The molecule has 1 saturated heterocycles. The molecule has 2 N–H and O–H groups in total. The van der Waals surface area contributed by atoms with E-state index in [0.717, 1.165) is 53.6 Å². The molecule has 0 saturated carbocycles. The van der Waals surface area contributed by atoms with Crippen molar-refractivity contribution in [1.29, 1.82) is 0 Å². The van der Waals surface area contributed by atoms with Crippen LogP contribution in [0.4, 0.5) is 18.9 Å². The van der Waals surface area contributed by atoms with Crippen molar-refractivity contribution < 1.29 is 17.9 Å². The maximum atomic E-state index is 13.0. The lowest BCUT2D eigenvalue weighted by Gasteiger charge is -2.36. The quantitative estimate of drug-likeness (QED) is 0.235. The number of piperazine rings is 1. The van der Waals surface area contributed by atoms with Gasteiger partial charge in [0.25, 0.3) is 0 Å². The first-order valence-corrected chi connectivity index (χ1v) is 14.2. The summed E-state index contributed by atoms with van der Waals surface area (Å²) in [6, 6.07) is 15.3. The van der Waals surface area contributed by atoms with Crippen LogP contribution >= 0.6 is 23.1 Å². The number of para-hydroxylation sites is 2. The van der Waals surface area contributed by atoms with Gasteiger partial charge in [-0.2, -0.15) is 13.2 Å². The zero-order chi connectivity index (χ0) is 26.3. The zero-order valence-electron chi connectivity index (χ0n) is 20.5. The number of nitrogens with one attached hydrogen (secondary N) is 2. The first-order chi connectivity index (χ1) is 18.4. The molecule has 0 amide bonds. The van der Waals surface area contributed by atoms with Crippen molar-refractivity contribution in [1.82, 2.24) is 24.8 Å². The van der Waals surface area contributed by atoms with Gasteiger partial charge in [0.2, 0.25) is 5.82 Å². The van der Waals surface area contributed by atoms with Gasteiger partial charge >= 0.3 is 6.18 Å². The summed E-state index contributed by atoms with van der Waals surface area (Å²) in [7, 11) is 0. The van der Waals surface area contributed by atoms with Crippen molar-refractivity contribution in [3.8, 4) is 16.5 Å². The van der Waals surface area contributed by atoms with Crippen molar-refractivity contribution in [3.63, 3.8) is 0 Å². The minimum Gasteiger partial charge on any atom is -0.490 e. The third kappa shape index (κ3) is 4.95. The molecule has 1 fully saturated rings. The van der Waals surface area contributed by atoms with Crippen molar-refractivity contribution in [2.75, 3.05) is 50.5 Å². The molecule has 198 valence electrons. The SMILES string of the molecule is CSc1ccc(-c2nc3c(N4CCN(CCOc5cccc6[nH]c(C(F)(F)F)nc56)CC4)cccc3[nH]2)s1. The normalized spacial score (nSPS) is 15.1. The lowest BCUT2D eigenvalue weighted by atomic mass is 10.2. The highest BCUT2D eigenvalue weighted by Gasteiger charge is 2.35. The Balaban J connectivity index is 1.08. The second-order valence-corrected chi connectivity index (χ2v) is 11.2. The van der Waals surface area contributed by atoms with Crippen LogP contribution < -0.4 is 9.64 Å². The number of aromatic nitrogens is 4. The van der Waals surface area contributed by atoms with E-state index in [1.54, 1.807) is 41.3 Å². The molecule has 5 aromatic rings. The van der Waals surface area contributed by atoms with Gasteiger partial charge in [-0.05, 0) is 42.7 Å². The third-order valence-electron chi connectivity index (χ3n) is 6.63. The highest BCUT2D eigenvalue weighted by Crippen LogP contribution is 2.35. The van der Waals surface area contributed by atoms with Gasteiger partial charge in [-0.3, -0.25) is 4.90 Å². The summed E-state index contributed by atoms with van der Waals surface area (Å²) < 4.78 is 46.2. The largest absolute Gasteiger partial charge is 0.490 e. The number of halogens is 3. The summed E-state index contributed by atoms with van der Waals surface area (Å²) in [6.45, 7) is 4.44. The van der Waals surface area contributed by atoms with Crippen LogP contribution in [0.5, 0.6) is 5.75 Å². The molecule has 0 atom stereocenters. The molecular formula is C26H25F3N6OS2. The van der Waals surface area contributed by atoms with Crippen molar-refractivity contribution in [3.05, 3.63) is 54.4 Å². The number of ether oxygens (including phenoxy) is 1. The fourth-order valence-corrected chi connectivity index (χ4v) is 6.19. The summed E-state index contributed by atoms with van der Waals surface area (Å²) >= 11 is 3.47. The number of imidazole rings is 2. The highest BCUT2D eigenvalue weighted by atomic mass is 32.2. The molecule has 0 bridgehead atoms. The highest BCUT2D eigenvalue weighted by molar-refractivity contribution is 8.00. The third-order valence-corrected chi connectivity index (χ3v) is 8.80. The average Bonchev–Trinajstić information content (AvgIpc) is 3.66. The first kappa shape index (κ1) is 25.1. The van der Waals surface area contributed by atoms with Gasteiger partial charge in [-0.1, -0.05) is 12.1 Å². The standard InChI is InChI=1S/C26H25F3N6OS2/c1-37-21-9-8-20(38-21)24-30-16-4-2-6-18(22(16)32-24)35-12-10-34(11-13-35)14-15-36-19-7-3-5-17-23(19)33-25(31-17)26(27,28)29/h2-9H,10-15H2,1H3,(H,30,32)(H,31,33). The summed E-state index contributed by atoms with van der Waals surface area (Å²) in [5, 5.41) is 0. The maximum Gasteiger partial charge on any atom is 0.449 e. The van der Waals surface area contributed by atoms with Crippen LogP contribution in [0, 0.1) is 0 Å². The van der Waals surface area contributed by atoms with E-state index in [0.29, 0.717) is 24.4 Å². The molecule has 0 unspecified atom stereocenters. The van der Waals surface area contributed by atoms with E-state index in [9.17, 15) is 13.2 Å². The van der Waals surface area contributed by atoms with E-state index in [4.69, 9.17) is 9.72 Å². The molecule has 12 heteroatoms. The topological polar surface area (TPSA) is 73.1 Å². The number of alkyl halides is 3. The van der Waals surface area contributed by atoms with Gasteiger partial charge in [0.15, 0.2) is 0 Å². The number of hydrogen-bond donors (Lipinski definition) is 2. The molecule has 0 spiro atoms. The Labute approximate surface area is 225 Å². The van der Waals surface area contributed by atoms with Crippen molar-refractivity contribution >= 4 is 50.9 Å². The lowest BCUT2D eigenvalue weighted by molar-refractivity contribution is -0.144. The molecule has 2 aromatic carbocycles. The number of rotatable bonds is 7. The smallest absolute Gasteiger partial charge is 0.449 e. The number of thiophene rings is 1. The van der Waals surface area contributed by atoms with Crippen LogP contribution in [0.25, 0.3) is 32.8 Å². The molecule has 1 aliphatic rings. The number of benzene rings is 2. The van der Waals surface area contributed by atoms with Crippen LogP contribution in [0.2, 0.25) is 0 Å². The van der Waals surface area contributed by atoms with Crippen LogP contribution in [-0.4, -0.2) is 70.4 Å². The summed E-state index contributed by atoms with van der Waals surface area (Å²) in [5.41, 5.74) is 3.62. The van der Waals surface area contributed by atoms with Crippen molar-refractivity contribution in [2.24, 2.45) is 0 Å².